The van der Waals surface area contributed by atoms with Gasteiger partial charge in [-0.3, -0.25) is 9.59 Å². The normalized spacial score (nSPS) is 17.9. The van der Waals surface area contributed by atoms with Crippen molar-refractivity contribution in [2.45, 2.75) is 32.7 Å². The summed E-state index contributed by atoms with van der Waals surface area (Å²) in [5.41, 5.74) is 2.20. The fourth-order valence-electron chi connectivity index (χ4n) is 3.92. The van der Waals surface area contributed by atoms with Crippen molar-refractivity contribution in [3.05, 3.63) is 69.8 Å². The molecule has 1 unspecified atom stereocenters. The molecule has 6 nitrogen and oxygen atoms in total. The Hall–Kier alpha value is -2.83. The minimum Gasteiger partial charge on any atom is -0.507 e. The van der Waals surface area contributed by atoms with Crippen LogP contribution in [-0.4, -0.2) is 60.4 Å². The predicted octanol–water partition coefficient (Wildman–Crippen LogP) is 4.85. The number of likely N-dealkylation sites (N-methyl/N-ethyl adjacent to an activating group) is 1. The first kappa shape index (κ1) is 24.8. The maximum Gasteiger partial charge on any atom is 0.295 e. The first-order chi connectivity index (χ1) is 15.6. The van der Waals surface area contributed by atoms with Crippen molar-refractivity contribution in [3.63, 3.8) is 0 Å². The molecule has 0 radical (unpaired) electrons. The Balaban J connectivity index is 2.17. The smallest absolute Gasteiger partial charge is 0.295 e. The summed E-state index contributed by atoms with van der Waals surface area (Å²) in [6.45, 7) is 7.42. The van der Waals surface area contributed by atoms with Gasteiger partial charge in [-0.25, -0.2) is 0 Å². The molecule has 1 atom stereocenters. The van der Waals surface area contributed by atoms with Gasteiger partial charge in [0.05, 0.1) is 23.2 Å². The lowest BCUT2D eigenvalue weighted by Crippen LogP contribution is -2.35. The van der Waals surface area contributed by atoms with E-state index in [1.807, 2.05) is 50.2 Å². The minimum atomic E-state index is -0.720. The molecule has 2 aromatic rings. The highest BCUT2D eigenvalue weighted by Gasteiger charge is 2.46. The van der Waals surface area contributed by atoms with Crippen molar-refractivity contribution in [1.82, 2.24) is 9.80 Å². The number of rotatable bonds is 8. The third-order valence-corrected chi connectivity index (χ3v) is 6.08. The third-order valence-electron chi connectivity index (χ3n) is 5.75. The molecule has 176 valence electrons. The Kier molecular flexibility index (Phi) is 7.82. The van der Waals surface area contributed by atoms with Crippen LogP contribution in [0.15, 0.2) is 48.0 Å². The number of carbonyl (C=O) groups is 2. The van der Waals surface area contributed by atoms with E-state index in [4.69, 9.17) is 16.3 Å². The molecule has 0 spiro atoms. The Morgan fingerprint density at radius 2 is 1.82 bits per heavy atom. The van der Waals surface area contributed by atoms with Crippen LogP contribution in [0.1, 0.15) is 49.4 Å². The fraction of sp³-hybridized carbons (Fsp3) is 0.385. The summed E-state index contributed by atoms with van der Waals surface area (Å²) >= 11 is 6.38. The van der Waals surface area contributed by atoms with Crippen molar-refractivity contribution in [1.29, 1.82) is 0 Å². The lowest BCUT2D eigenvalue weighted by molar-refractivity contribution is -0.140. The molecular formula is C26H31ClN2O4. The number of benzene rings is 2. The first-order valence-electron chi connectivity index (χ1n) is 11.1. The highest BCUT2D eigenvalue weighted by atomic mass is 35.5. The number of likely N-dealkylation sites (tertiary alicyclic amines) is 1. The molecule has 1 heterocycles. The number of aliphatic hydroxyl groups is 1. The van der Waals surface area contributed by atoms with Crippen molar-refractivity contribution < 1.29 is 19.4 Å². The van der Waals surface area contributed by atoms with E-state index in [2.05, 4.69) is 13.8 Å². The second-order valence-electron chi connectivity index (χ2n) is 8.69. The van der Waals surface area contributed by atoms with Crippen LogP contribution in [0.4, 0.5) is 0 Å². The second-order valence-corrected chi connectivity index (χ2v) is 9.10. The van der Waals surface area contributed by atoms with Crippen LogP contribution >= 0.6 is 11.6 Å². The quantitative estimate of drug-likeness (QED) is 0.339. The molecule has 1 saturated heterocycles. The standard InChI is InChI=1S/C26H31ClN2O4/c1-6-33-19-11-12-21(27)20(15-19)24(30)22-23(18-9-7-17(8-10-18)16(2)3)29(14-13-28(4)5)26(32)25(22)31/h7-12,15-16,23,30H,6,13-14H2,1-5H3/b24-22+. The van der Waals surface area contributed by atoms with Gasteiger partial charge in [-0.1, -0.05) is 49.7 Å². The zero-order valence-corrected chi connectivity index (χ0v) is 20.5. The topological polar surface area (TPSA) is 70.1 Å². The molecule has 1 aliphatic heterocycles. The number of nitrogens with zero attached hydrogens (tertiary/aromatic N) is 2. The number of ether oxygens (including phenoxy) is 1. The zero-order chi connectivity index (χ0) is 24.3. The average Bonchev–Trinajstić information content (AvgIpc) is 3.03. The van der Waals surface area contributed by atoms with Gasteiger partial charge in [-0.05, 0) is 56.3 Å². The fourth-order valence-corrected chi connectivity index (χ4v) is 4.12. The Bertz CT molecular complexity index is 1060. The van der Waals surface area contributed by atoms with Crippen molar-refractivity contribution in [2.75, 3.05) is 33.8 Å². The minimum absolute atomic E-state index is 0.0339. The predicted molar refractivity (Wildman–Crippen MR) is 131 cm³/mol. The molecule has 1 aliphatic rings. The maximum absolute atomic E-state index is 13.2. The van der Waals surface area contributed by atoms with E-state index in [1.165, 1.54) is 4.90 Å². The summed E-state index contributed by atoms with van der Waals surface area (Å²) in [5, 5.41) is 11.5. The van der Waals surface area contributed by atoms with Gasteiger partial charge >= 0.3 is 0 Å². The van der Waals surface area contributed by atoms with Gasteiger partial charge in [0.1, 0.15) is 11.5 Å². The first-order valence-corrected chi connectivity index (χ1v) is 11.5. The second kappa shape index (κ2) is 10.4. The summed E-state index contributed by atoms with van der Waals surface area (Å²) in [7, 11) is 3.81. The molecule has 33 heavy (non-hydrogen) atoms. The van der Waals surface area contributed by atoms with Crippen LogP contribution in [0.5, 0.6) is 5.75 Å². The average molecular weight is 471 g/mol. The highest BCUT2D eigenvalue weighted by Crippen LogP contribution is 2.41. The number of halogens is 1. The van der Waals surface area contributed by atoms with E-state index >= 15 is 0 Å². The maximum atomic E-state index is 13.2. The van der Waals surface area contributed by atoms with E-state index in [0.717, 1.165) is 11.1 Å². The summed E-state index contributed by atoms with van der Waals surface area (Å²) in [5.74, 6) is -0.789. The van der Waals surface area contributed by atoms with Crippen molar-refractivity contribution in [2.24, 2.45) is 0 Å². The van der Waals surface area contributed by atoms with Gasteiger partial charge in [0.15, 0.2) is 0 Å². The summed E-state index contributed by atoms with van der Waals surface area (Å²) < 4.78 is 5.54. The van der Waals surface area contributed by atoms with Gasteiger partial charge in [0, 0.05) is 18.7 Å². The van der Waals surface area contributed by atoms with Gasteiger partial charge < -0.3 is 19.6 Å². The summed E-state index contributed by atoms with van der Waals surface area (Å²) in [6, 6.07) is 12.0. The van der Waals surface area contributed by atoms with Gasteiger partial charge in [-0.2, -0.15) is 0 Å². The number of hydrogen-bond acceptors (Lipinski definition) is 5. The van der Waals surface area contributed by atoms with Crippen LogP contribution in [0.2, 0.25) is 5.02 Å². The van der Waals surface area contributed by atoms with Crippen LogP contribution in [0, 0.1) is 0 Å². The van der Waals surface area contributed by atoms with Crippen LogP contribution < -0.4 is 4.74 Å². The van der Waals surface area contributed by atoms with Crippen molar-refractivity contribution in [3.8, 4) is 5.75 Å². The number of carbonyl (C=O) groups excluding carboxylic acids is 2. The van der Waals surface area contributed by atoms with Crippen LogP contribution in [-0.2, 0) is 9.59 Å². The molecule has 1 fully saturated rings. The van der Waals surface area contributed by atoms with E-state index < -0.39 is 17.7 Å². The lowest BCUT2D eigenvalue weighted by atomic mass is 9.93. The monoisotopic (exact) mass is 470 g/mol. The summed E-state index contributed by atoms with van der Waals surface area (Å²) in [4.78, 5) is 29.7. The van der Waals surface area contributed by atoms with E-state index in [9.17, 15) is 14.7 Å². The summed E-state index contributed by atoms with van der Waals surface area (Å²) in [6.07, 6.45) is 0. The number of aliphatic hydroxyl groups excluding tert-OH is 1. The Labute approximate surface area is 200 Å². The largest absolute Gasteiger partial charge is 0.507 e. The van der Waals surface area contributed by atoms with Gasteiger partial charge in [0.2, 0.25) is 0 Å². The molecule has 1 N–H and O–H groups in total. The lowest BCUT2D eigenvalue weighted by Gasteiger charge is -2.27. The molecule has 7 heteroatoms. The number of hydrogen-bond donors (Lipinski definition) is 1. The Morgan fingerprint density at radius 3 is 2.39 bits per heavy atom. The van der Waals surface area contributed by atoms with E-state index in [-0.39, 0.29) is 21.9 Å². The molecule has 3 rings (SSSR count). The molecule has 1 amide bonds. The highest BCUT2D eigenvalue weighted by molar-refractivity contribution is 6.47. The van der Waals surface area contributed by atoms with E-state index in [1.54, 1.807) is 18.2 Å². The molecule has 0 bridgehead atoms. The zero-order valence-electron chi connectivity index (χ0n) is 19.8. The number of ketones is 1. The van der Waals surface area contributed by atoms with Gasteiger partial charge in [0.25, 0.3) is 11.7 Å². The Morgan fingerprint density at radius 1 is 1.15 bits per heavy atom. The van der Waals surface area contributed by atoms with E-state index in [0.29, 0.717) is 31.4 Å². The van der Waals surface area contributed by atoms with Crippen LogP contribution in [0.25, 0.3) is 5.76 Å². The molecule has 0 aromatic heterocycles. The molecule has 0 saturated carbocycles. The molecule has 0 aliphatic carbocycles. The van der Waals surface area contributed by atoms with Gasteiger partial charge in [-0.15, -0.1) is 0 Å². The van der Waals surface area contributed by atoms with Crippen LogP contribution in [0.3, 0.4) is 0 Å². The molecule has 2 aromatic carbocycles. The third kappa shape index (κ3) is 5.23. The molecular weight excluding hydrogens is 440 g/mol. The number of Topliss-reactive ketones (excluding diaryl/α,β-unsaturated/α-hetero) is 1. The SMILES string of the molecule is CCOc1ccc(Cl)c(/C(O)=C2\C(=O)C(=O)N(CCN(C)C)C2c2ccc(C(C)C)cc2)c1. The van der Waals surface area contributed by atoms with Crippen molar-refractivity contribution >= 4 is 29.1 Å². The number of amides is 1.